The first kappa shape index (κ1) is 23.9. The molecular formula is C25H23ClF3N3O2. The summed E-state index contributed by atoms with van der Waals surface area (Å²) in [6.45, 7) is 1.06. The quantitative estimate of drug-likeness (QED) is 0.518. The van der Waals surface area contributed by atoms with Crippen molar-refractivity contribution in [1.29, 1.82) is 0 Å². The summed E-state index contributed by atoms with van der Waals surface area (Å²) >= 11 is 6.45. The number of alkyl halides is 3. The number of benzene rings is 2. The molecule has 1 unspecified atom stereocenters. The third kappa shape index (κ3) is 5.28. The smallest absolute Gasteiger partial charge is 0.352 e. The second kappa shape index (κ2) is 9.93. The van der Waals surface area contributed by atoms with Gasteiger partial charge in [-0.05, 0) is 41.5 Å². The van der Waals surface area contributed by atoms with Crippen LogP contribution in [-0.4, -0.2) is 27.8 Å². The Morgan fingerprint density at radius 1 is 1.00 bits per heavy atom. The predicted molar refractivity (Wildman–Crippen MR) is 122 cm³/mol. The van der Waals surface area contributed by atoms with E-state index in [4.69, 9.17) is 11.6 Å². The van der Waals surface area contributed by atoms with Crippen molar-refractivity contribution < 1.29 is 22.8 Å². The highest BCUT2D eigenvalue weighted by Crippen LogP contribution is 2.36. The highest BCUT2D eigenvalue weighted by molar-refractivity contribution is 6.31. The lowest BCUT2D eigenvalue weighted by atomic mass is 9.99. The largest absolute Gasteiger partial charge is 0.416 e. The van der Waals surface area contributed by atoms with Gasteiger partial charge >= 0.3 is 6.18 Å². The molecule has 1 aliphatic heterocycles. The van der Waals surface area contributed by atoms with Gasteiger partial charge in [0.25, 0.3) is 0 Å². The van der Waals surface area contributed by atoms with Gasteiger partial charge in [-0.3, -0.25) is 9.59 Å². The Balaban J connectivity index is 1.39. The molecule has 0 aliphatic carbocycles. The van der Waals surface area contributed by atoms with Crippen molar-refractivity contribution in [3.63, 3.8) is 0 Å². The number of amides is 2. The number of carbonyl (C=O) groups is 2. The summed E-state index contributed by atoms with van der Waals surface area (Å²) in [5, 5.41) is 3.15. The lowest BCUT2D eigenvalue weighted by Gasteiger charge is -2.37. The molecule has 1 atom stereocenters. The maximum atomic E-state index is 13.1. The van der Waals surface area contributed by atoms with E-state index in [1.165, 1.54) is 12.1 Å². The minimum Gasteiger partial charge on any atom is -0.352 e. The molecule has 0 spiro atoms. The van der Waals surface area contributed by atoms with Crippen molar-refractivity contribution in [2.24, 2.45) is 0 Å². The van der Waals surface area contributed by atoms with Crippen LogP contribution in [0.2, 0.25) is 5.02 Å². The van der Waals surface area contributed by atoms with Gasteiger partial charge in [0.05, 0.1) is 11.6 Å². The van der Waals surface area contributed by atoms with E-state index in [-0.39, 0.29) is 31.3 Å². The van der Waals surface area contributed by atoms with Crippen molar-refractivity contribution >= 4 is 23.4 Å². The van der Waals surface area contributed by atoms with Crippen LogP contribution >= 0.6 is 11.6 Å². The van der Waals surface area contributed by atoms with Crippen LogP contribution in [0.25, 0.3) is 0 Å². The summed E-state index contributed by atoms with van der Waals surface area (Å²) in [5.41, 5.74) is 1.33. The molecule has 2 amide bonds. The highest BCUT2D eigenvalue weighted by Gasteiger charge is 2.33. The molecule has 4 rings (SSSR count). The maximum absolute atomic E-state index is 13.1. The van der Waals surface area contributed by atoms with Crippen molar-refractivity contribution in [2.75, 3.05) is 6.54 Å². The number of aromatic nitrogens is 1. The van der Waals surface area contributed by atoms with E-state index in [0.717, 1.165) is 23.4 Å². The normalized spacial score (nSPS) is 15.6. The Hall–Kier alpha value is -3.26. The Morgan fingerprint density at radius 3 is 2.56 bits per heavy atom. The number of carbonyl (C=O) groups excluding carboxylic acids is 2. The number of rotatable bonds is 6. The lowest BCUT2D eigenvalue weighted by Crippen LogP contribution is -2.42. The molecule has 5 nitrogen and oxygen atoms in total. The van der Waals surface area contributed by atoms with E-state index < -0.39 is 17.6 Å². The fraction of sp³-hybridized carbons (Fsp3) is 0.280. The number of nitrogens with zero attached hydrogens (tertiary/aromatic N) is 2. The number of hydrogen-bond acceptors (Lipinski definition) is 2. The zero-order valence-corrected chi connectivity index (χ0v) is 18.9. The van der Waals surface area contributed by atoms with Crippen LogP contribution in [0.1, 0.15) is 41.3 Å². The van der Waals surface area contributed by atoms with Crippen LogP contribution in [0.3, 0.4) is 0 Å². The van der Waals surface area contributed by atoms with Crippen LogP contribution in [0.15, 0.2) is 66.9 Å². The molecule has 1 aliphatic rings. The van der Waals surface area contributed by atoms with Crippen molar-refractivity contribution in [3.8, 4) is 0 Å². The van der Waals surface area contributed by atoms with Crippen LogP contribution in [0.5, 0.6) is 0 Å². The molecular weight excluding hydrogens is 467 g/mol. The SMILES string of the molecule is O=C(CCC(=O)N1CCn2cccc2C1c1ccccc1Cl)NCc1cccc(C(F)(F)F)c1. The predicted octanol–water partition coefficient (Wildman–Crippen LogP) is 5.19. The molecule has 0 bridgehead atoms. The number of nitrogens with one attached hydrogen (secondary N) is 1. The van der Waals surface area contributed by atoms with E-state index >= 15 is 0 Å². The Morgan fingerprint density at radius 2 is 1.79 bits per heavy atom. The highest BCUT2D eigenvalue weighted by atomic mass is 35.5. The molecule has 0 fully saturated rings. The van der Waals surface area contributed by atoms with Gasteiger partial charge in [-0.1, -0.05) is 41.9 Å². The van der Waals surface area contributed by atoms with Crippen molar-refractivity contribution in [2.45, 2.75) is 38.1 Å². The molecule has 0 radical (unpaired) electrons. The summed E-state index contributed by atoms with van der Waals surface area (Å²) in [5.74, 6) is -0.591. The minimum absolute atomic E-state index is 0.0178. The second-order valence-electron chi connectivity index (χ2n) is 8.11. The average molecular weight is 490 g/mol. The van der Waals surface area contributed by atoms with Gasteiger partial charge in [0.15, 0.2) is 0 Å². The summed E-state index contributed by atoms with van der Waals surface area (Å²) < 4.78 is 40.7. The Labute approximate surface area is 200 Å². The molecule has 3 aromatic rings. The monoisotopic (exact) mass is 489 g/mol. The van der Waals surface area contributed by atoms with E-state index in [1.54, 1.807) is 11.0 Å². The zero-order chi connectivity index (χ0) is 24.3. The third-order valence-electron chi connectivity index (χ3n) is 5.87. The van der Waals surface area contributed by atoms with E-state index in [1.807, 2.05) is 36.5 Å². The summed E-state index contributed by atoms with van der Waals surface area (Å²) in [6.07, 6.45) is -2.57. The molecule has 2 heterocycles. The lowest BCUT2D eigenvalue weighted by molar-refractivity contribution is -0.137. The Kier molecular flexibility index (Phi) is 6.97. The van der Waals surface area contributed by atoms with Gasteiger partial charge in [0.1, 0.15) is 0 Å². The topological polar surface area (TPSA) is 54.3 Å². The van der Waals surface area contributed by atoms with Gasteiger partial charge < -0.3 is 14.8 Å². The van der Waals surface area contributed by atoms with E-state index in [9.17, 15) is 22.8 Å². The number of hydrogen-bond donors (Lipinski definition) is 1. The van der Waals surface area contributed by atoms with Gasteiger partial charge in [-0.25, -0.2) is 0 Å². The molecule has 9 heteroatoms. The second-order valence-corrected chi connectivity index (χ2v) is 8.52. The van der Waals surface area contributed by atoms with Crippen LogP contribution in [-0.2, 0) is 28.9 Å². The summed E-state index contributed by atoms with van der Waals surface area (Å²) in [4.78, 5) is 27.2. The molecule has 0 saturated heterocycles. The molecule has 0 saturated carbocycles. The summed E-state index contributed by atoms with van der Waals surface area (Å²) in [7, 11) is 0. The zero-order valence-electron chi connectivity index (χ0n) is 18.2. The fourth-order valence-electron chi connectivity index (χ4n) is 4.19. The van der Waals surface area contributed by atoms with Crippen molar-refractivity contribution in [3.05, 3.63) is 94.3 Å². The van der Waals surface area contributed by atoms with E-state index in [0.29, 0.717) is 23.7 Å². The molecule has 34 heavy (non-hydrogen) atoms. The standard InChI is InChI=1S/C25H23ClF3N3O2/c26-20-8-2-1-7-19(20)24-21-9-4-12-31(21)13-14-32(24)23(34)11-10-22(33)30-16-17-5-3-6-18(15-17)25(27,28)29/h1-9,12,15,24H,10-11,13-14,16H2,(H,30,33). The summed E-state index contributed by atoms with van der Waals surface area (Å²) in [6, 6.07) is 15.7. The van der Waals surface area contributed by atoms with Crippen LogP contribution in [0.4, 0.5) is 13.2 Å². The van der Waals surface area contributed by atoms with Crippen molar-refractivity contribution in [1.82, 2.24) is 14.8 Å². The molecule has 178 valence electrons. The first-order chi connectivity index (χ1) is 16.2. The molecule has 1 aromatic heterocycles. The van der Waals surface area contributed by atoms with Crippen LogP contribution < -0.4 is 5.32 Å². The van der Waals surface area contributed by atoms with Gasteiger partial charge in [0, 0.05) is 49.4 Å². The number of halogens is 4. The Bertz CT molecular complexity index is 1190. The first-order valence-corrected chi connectivity index (χ1v) is 11.2. The first-order valence-electron chi connectivity index (χ1n) is 10.9. The van der Waals surface area contributed by atoms with Crippen LogP contribution in [0, 0.1) is 0 Å². The van der Waals surface area contributed by atoms with E-state index in [2.05, 4.69) is 9.88 Å². The molecule has 2 aromatic carbocycles. The van der Waals surface area contributed by atoms with Gasteiger partial charge in [0.2, 0.25) is 11.8 Å². The fourth-order valence-corrected chi connectivity index (χ4v) is 4.43. The number of fused-ring (bicyclic) bond motifs is 1. The third-order valence-corrected chi connectivity index (χ3v) is 6.21. The maximum Gasteiger partial charge on any atom is 0.416 e. The van der Waals surface area contributed by atoms with Gasteiger partial charge in [-0.15, -0.1) is 0 Å². The van der Waals surface area contributed by atoms with Gasteiger partial charge in [-0.2, -0.15) is 13.2 Å². The average Bonchev–Trinajstić information content (AvgIpc) is 3.30. The minimum atomic E-state index is -4.45. The molecule has 1 N–H and O–H groups in total.